The lowest BCUT2D eigenvalue weighted by atomic mass is 10.3. The van der Waals surface area contributed by atoms with Crippen LogP contribution in [0.15, 0.2) is 17.0 Å². The summed E-state index contributed by atoms with van der Waals surface area (Å²) in [5.41, 5.74) is 2.58. The third kappa shape index (κ3) is 0.959. The van der Waals surface area contributed by atoms with Crippen LogP contribution in [0.5, 0.6) is 0 Å². The third-order valence-corrected chi connectivity index (χ3v) is 1.94. The molecule has 2 rings (SSSR count). The average molecular weight is 181 g/mol. The van der Waals surface area contributed by atoms with Gasteiger partial charge in [0.1, 0.15) is 11.8 Å². The van der Waals surface area contributed by atoms with E-state index in [4.69, 9.17) is 4.42 Å². The highest BCUT2D eigenvalue weighted by atomic mass is 31.0. The molecule has 0 radical (unpaired) electrons. The van der Waals surface area contributed by atoms with E-state index in [9.17, 15) is 0 Å². The Kier molecular flexibility index (Phi) is 1.70. The average Bonchev–Trinajstić information content (AvgIpc) is 2.48. The van der Waals surface area contributed by atoms with Crippen molar-refractivity contribution in [1.29, 1.82) is 0 Å². The Morgan fingerprint density at radius 3 is 3.08 bits per heavy atom. The predicted molar refractivity (Wildman–Crippen MR) is 49.9 cm³/mol. The molecule has 0 fully saturated rings. The molecule has 0 spiro atoms. The molecule has 1 N–H and O–H groups in total. The van der Waals surface area contributed by atoms with Gasteiger partial charge in [0, 0.05) is 5.56 Å². The van der Waals surface area contributed by atoms with Crippen LogP contribution >= 0.6 is 9.39 Å². The van der Waals surface area contributed by atoms with E-state index in [1.54, 1.807) is 6.26 Å². The van der Waals surface area contributed by atoms with Gasteiger partial charge in [-0.3, -0.25) is 0 Å². The van der Waals surface area contributed by atoms with Gasteiger partial charge in [-0.15, -0.1) is 0 Å². The lowest BCUT2D eigenvalue weighted by Gasteiger charge is -1.96. The number of nitrogens with zero attached hydrogens (tertiary/aromatic N) is 2. The molecule has 1 atom stereocenters. The second-order valence-corrected chi connectivity index (χ2v) is 2.75. The fourth-order valence-electron chi connectivity index (χ4n) is 1.07. The lowest BCUT2D eigenvalue weighted by Crippen LogP contribution is -1.87. The van der Waals surface area contributed by atoms with Crippen molar-refractivity contribution in [3.63, 3.8) is 0 Å². The smallest absolute Gasteiger partial charge is 0.195 e. The van der Waals surface area contributed by atoms with Crippen LogP contribution in [-0.2, 0) is 0 Å². The minimum atomic E-state index is 0.693. The summed E-state index contributed by atoms with van der Waals surface area (Å²) in [7, 11) is 2.38. The molecule has 0 saturated heterocycles. The van der Waals surface area contributed by atoms with Gasteiger partial charge in [0.2, 0.25) is 0 Å². The van der Waals surface area contributed by atoms with E-state index in [2.05, 4.69) is 24.4 Å². The first-order valence-electron chi connectivity index (χ1n) is 3.48. The van der Waals surface area contributed by atoms with Crippen molar-refractivity contribution in [2.75, 3.05) is 5.09 Å². The highest BCUT2D eigenvalue weighted by Gasteiger charge is 2.07. The second-order valence-electron chi connectivity index (χ2n) is 2.46. The fourth-order valence-corrected chi connectivity index (χ4v) is 1.28. The van der Waals surface area contributed by atoms with Gasteiger partial charge in [0.05, 0.1) is 6.26 Å². The van der Waals surface area contributed by atoms with E-state index >= 15 is 0 Å². The first-order valence-corrected chi connectivity index (χ1v) is 4.06. The van der Waals surface area contributed by atoms with E-state index in [-0.39, 0.29) is 0 Å². The van der Waals surface area contributed by atoms with Gasteiger partial charge in [-0.25, -0.2) is 9.97 Å². The number of furan rings is 1. The summed E-state index contributed by atoms with van der Waals surface area (Å²) < 4.78 is 5.27. The van der Waals surface area contributed by atoms with Gasteiger partial charge in [0.15, 0.2) is 11.4 Å². The van der Waals surface area contributed by atoms with Crippen LogP contribution in [0, 0.1) is 6.92 Å². The summed E-state index contributed by atoms with van der Waals surface area (Å²) >= 11 is 0. The normalized spacial score (nSPS) is 10.5. The zero-order chi connectivity index (χ0) is 8.55. The molecular formula is C7H8N3OP. The van der Waals surface area contributed by atoms with Gasteiger partial charge in [-0.2, -0.15) is 0 Å². The van der Waals surface area contributed by atoms with Crippen LogP contribution in [0.4, 0.5) is 5.82 Å². The Labute approximate surface area is 71.6 Å². The number of anilines is 1. The van der Waals surface area contributed by atoms with Crippen molar-refractivity contribution in [1.82, 2.24) is 9.97 Å². The summed E-state index contributed by atoms with van der Waals surface area (Å²) in [6, 6.07) is 0. The number of nitrogens with one attached hydrogen (secondary N) is 1. The molecule has 5 heteroatoms. The maximum atomic E-state index is 5.27. The molecule has 0 aromatic carbocycles. The largest absolute Gasteiger partial charge is 0.458 e. The SMILES string of the molecule is Cc1coc2c(NP)ncnc12. The van der Waals surface area contributed by atoms with Crippen LogP contribution in [-0.4, -0.2) is 9.97 Å². The molecule has 2 heterocycles. The monoisotopic (exact) mass is 181 g/mol. The second kappa shape index (κ2) is 2.72. The number of aromatic nitrogens is 2. The quantitative estimate of drug-likeness (QED) is 0.680. The van der Waals surface area contributed by atoms with Gasteiger partial charge in [0.25, 0.3) is 0 Å². The summed E-state index contributed by atoms with van der Waals surface area (Å²) in [5.74, 6) is 0.693. The Bertz CT molecular complexity index is 412. The zero-order valence-electron chi connectivity index (χ0n) is 6.53. The van der Waals surface area contributed by atoms with Crippen molar-refractivity contribution < 1.29 is 4.42 Å². The van der Waals surface area contributed by atoms with Crippen molar-refractivity contribution in [2.24, 2.45) is 0 Å². The minimum absolute atomic E-state index is 0.693. The molecule has 4 nitrogen and oxygen atoms in total. The van der Waals surface area contributed by atoms with E-state index < -0.39 is 0 Å². The molecular weight excluding hydrogens is 173 g/mol. The fraction of sp³-hybridized carbons (Fsp3) is 0.143. The Morgan fingerprint density at radius 1 is 1.50 bits per heavy atom. The van der Waals surface area contributed by atoms with Crippen molar-refractivity contribution in [3.05, 3.63) is 18.2 Å². The van der Waals surface area contributed by atoms with Gasteiger partial charge >= 0.3 is 0 Å². The standard InChI is InChI=1S/C7H8N3OP/c1-4-2-11-6-5(4)8-3-9-7(6)10-12/h2-3H,12H2,1H3,(H,8,9,10). The highest BCUT2D eigenvalue weighted by Crippen LogP contribution is 2.23. The lowest BCUT2D eigenvalue weighted by molar-refractivity contribution is 0.612. The highest BCUT2D eigenvalue weighted by molar-refractivity contribution is 7.18. The molecule has 2 aromatic heterocycles. The Hall–Kier alpha value is -1.15. The number of hydrogen-bond donors (Lipinski definition) is 1. The maximum Gasteiger partial charge on any atom is 0.195 e. The number of rotatable bonds is 1. The van der Waals surface area contributed by atoms with Crippen LogP contribution in [0.2, 0.25) is 0 Å². The number of fused-ring (bicyclic) bond motifs is 1. The van der Waals surface area contributed by atoms with Crippen LogP contribution < -0.4 is 5.09 Å². The van der Waals surface area contributed by atoms with Gasteiger partial charge < -0.3 is 9.50 Å². The number of aryl methyl sites for hydroxylation is 1. The molecule has 1 unspecified atom stereocenters. The van der Waals surface area contributed by atoms with E-state index in [1.807, 2.05) is 6.92 Å². The van der Waals surface area contributed by atoms with Crippen molar-refractivity contribution in [3.8, 4) is 0 Å². The summed E-state index contributed by atoms with van der Waals surface area (Å²) in [6.07, 6.45) is 3.18. The molecule has 0 aliphatic carbocycles. The van der Waals surface area contributed by atoms with E-state index in [0.29, 0.717) is 11.4 Å². The van der Waals surface area contributed by atoms with Crippen LogP contribution in [0.1, 0.15) is 5.56 Å². The van der Waals surface area contributed by atoms with Crippen molar-refractivity contribution in [2.45, 2.75) is 6.92 Å². The third-order valence-electron chi connectivity index (χ3n) is 1.67. The molecule has 12 heavy (non-hydrogen) atoms. The topological polar surface area (TPSA) is 51.0 Å². The Morgan fingerprint density at radius 2 is 2.33 bits per heavy atom. The molecule has 0 amide bonds. The molecule has 2 aromatic rings. The van der Waals surface area contributed by atoms with Gasteiger partial charge in [-0.1, -0.05) is 0 Å². The summed E-state index contributed by atoms with van der Waals surface area (Å²) in [5, 5.41) is 2.86. The van der Waals surface area contributed by atoms with Gasteiger partial charge in [-0.05, 0) is 16.3 Å². The minimum Gasteiger partial charge on any atom is -0.458 e. The number of hydrogen-bond acceptors (Lipinski definition) is 4. The summed E-state index contributed by atoms with van der Waals surface area (Å²) in [4.78, 5) is 8.10. The molecule has 0 saturated carbocycles. The molecule has 62 valence electrons. The first-order chi connectivity index (χ1) is 5.83. The van der Waals surface area contributed by atoms with Crippen molar-refractivity contribution >= 4 is 26.3 Å². The van der Waals surface area contributed by atoms with E-state index in [0.717, 1.165) is 11.1 Å². The predicted octanol–water partition coefficient (Wildman–Crippen LogP) is 1.73. The van der Waals surface area contributed by atoms with Crippen LogP contribution in [0.3, 0.4) is 0 Å². The molecule has 0 aliphatic rings. The maximum absolute atomic E-state index is 5.27. The first kappa shape index (κ1) is 7.50. The summed E-state index contributed by atoms with van der Waals surface area (Å²) in [6.45, 7) is 1.95. The zero-order valence-corrected chi connectivity index (χ0v) is 7.69. The Balaban J connectivity index is 2.81. The molecule has 0 aliphatic heterocycles. The van der Waals surface area contributed by atoms with Crippen LogP contribution in [0.25, 0.3) is 11.1 Å². The molecule has 0 bridgehead atoms. The van der Waals surface area contributed by atoms with E-state index in [1.165, 1.54) is 6.33 Å².